The van der Waals surface area contributed by atoms with Gasteiger partial charge in [-0.1, -0.05) is 60.3 Å². The lowest BCUT2D eigenvalue weighted by Gasteiger charge is -2.06. The SMILES string of the molecule is O=Cc1ccc(Sc2cccc3ccccc23)cc1. The molecule has 2 heteroatoms. The Balaban J connectivity index is 1.98. The number of fused-ring (bicyclic) bond motifs is 1. The maximum Gasteiger partial charge on any atom is 0.150 e. The van der Waals surface area contributed by atoms with Crippen molar-refractivity contribution in [3.8, 4) is 0 Å². The van der Waals surface area contributed by atoms with Crippen LogP contribution in [0.4, 0.5) is 0 Å². The molecule has 0 amide bonds. The molecular weight excluding hydrogens is 252 g/mol. The third kappa shape index (κ3) is 2.54. The smallest absolute Gasteiger partial charge is 0.150 e. The summed E-state index contributed by atoms with van der Waals surface area (Å²) in [4.78, 5) is 13.0. The van der Waals surface area contributed by atoms with Gasteiger partial charge in [0.1, 0.15) is 6.29 Å². The first-order chi connectivity index (χ1) is 9.36. The average Bonchev–Trinajstić information content (AvgIpc) is 2.48. The molecule has 0 fully saturated rings. The fourth-order valence-electron chi connectivity index (χ4n) is 2.03. The Kier molecular flexibility index (Phi) is 3.34. The van der Waals surface area contributed by atoms with Crippen LogP contribution >= 0.6 is 11.8 Å². The summed E-state index contributed by atoms with van der Waals surface area (Å²) in [7, 11) is 0. The third-order valence-electron chi connectivity index (χ3n) is 2.99. The normalized spacial score (nSPS) is 10.5. The van der Waals surface area contributed by atoms with Crippen molar-refractivity contribution in [3.05, 3.63) is 72.3 Å². The first kappa shape index (κ1) is 12.0. The van der Waals surface area contributed by atoms with Crippen molar-refractivity contribution in [2.24, 2.45) is 0 Å². The highest BCUT2D eigenvalue weighted by Gasteiger charge is 2.02. The molecule has 0 N–H and O–H groups in total. The van der Waals surface area contributed by atoms with Gasteiger partial charge < -0.3 is 0 Å². The minimum atomic E-state index is 0.710. The summed E-state index contributed by atoms with van der Waals surface area (Å²) in [6.07, 6.45) is 0.867. The molecule has 0 unspecified atom stereocenters. The Hall–Kier alpha value is -2.06. The van der Waals surface area contributed by atoms with Crippen molar-refractivity contribution in [2.45, 2.75) is 9.79 Å². The Morgan fingerprint density at radius 2 is 1.53 bits per heavy atom. The molecule has 0 saturated carbocycles. The summed E-state index contributed by atoms with van der Waals surface area (Å²) >= 11 is 1.72. The van der Waals surface area contributed by atoms with Crippen molar-refractivity contribution in [1.29, 1.82) is 0 Å². The molecule has 19 heavy (non-hydrogen) atoms. The maximum atomic E-state index is 10.6. The molecule has 92 valence electrons. The highest BCUT2D eigenvalue weighted by atomic mass is 32.2. The van der Waals surface area contributed by atoms with Gasteiger partial charge in [-0.2, -0.15) is 0 Å². The van der Waals surface area contributed by atoms with E-state index in [1.54, 1.807) is 11.8 Å². The quantitative estimate of drug-likeness (QED) is 0.632. The van der Waals surface area contributed by atoms with Crippen LogP contribution in [0.5, 0.6) is 0 Å². The first-order valence-corrected chi connectivity index (χ1v) is 6.89. The second-order valence-corrected chi connectivity index (χ2v) is 5.38. The summed E-state index contributed by atoms with van der Waals surface area (Å²) < 4.78 is 0. The van der Waals surface area contributed by atoms with Crippen LogP contribution in [0.2, 0.25) is 0 Å². The van der Waals surface area contributed by atoms with Crippen LogP contribution in [0.1, 0.15) is 10.4 Å². The van der Waals surface area contributed by atoms with E-state index in [-0.39, 0.29) is 0 Å². The molecule has 0 heterocycles. The fraction of sp³-hybridized carbons (Fsp3) is 0. The third-order valence-corrected chi connectivity index (χ3v) is 4.08. The highest BCUT2D eigenvalue weighted by Crippen LogP contribution is 2.33. The first-order valence-electron chi connectivity index (χ1n) is 6.08. The number of carbonyl (C=O) groups is 1. The van der Waals surface area contributed by atoms with Crippen LogP contribution in [-0.2, 0) is 0 Å². The lowest BCUT2D eigenvalue weighted by atomic mass is 10.1. The molecule has 0 aliphatic heterocycles. The Labute approximate surface area is 116 Å². The number of hydrogen-bond acceptors (Lipinski definition) is 2. The van der Waals surface area contributed by atoms with Gasteiger partial charge in [0.25, 0.3) is 0 Å². The molecule has 0 aliphatic rings. The van der Waals surface area contributed by atoms with Gasteiger partial charge in [-0.05, 0) is 29.0 Å². The van der Waals surface area contributed by atoms with Gasteiger partial charge in [0, 0.05) is 15.4 Å². The molecule has 1 nitrogen and oxygen atoms in total. The van der Waals surface area contributed by atoms with E-state index < -0.39 is 0 Å². The summed E-state index contributed by atoms with van der Waals surface area (Å²) in [6.45, 7) is 0. The lowest BCUT2D eigenvalue weighted by Crippen LogP contribution is -1.80. The molecule has 0 radical (unpaired) electrons. The van der Waals surface area contributed by atoms with Crippen LogP contribution in [0.25, 0.3) is 10.8 Å². The standard InChI is InChI=1S/C17H12OS/c18-12-13-8-10-15(11-9-13)19-17-7-3-5-14-4-1-2-6-16(14)17/h1-12H. The zero-order valence-electron chi connectivity index (χ0n) is 10.2. The second kappa shape index (κ2) is 5.29. The van der Waals surface area contributed by atoms with Gasteiger partial charge in [-0.3, -0.25) is 4.79 Å². The van der Waals surface area contributed by atoms with Gasteiger partial charge >= 0.3 is 0 Å². The maximum absolute atomic E-state index is 10.6. The molecule has 0 aromatic heterocycles. The van der Waals surface area contributed by atoms with Gasteiger partial charge in [0.05, 0.1) is 0 Å². The molecule has 0 bridgehead atoms. The second-order valence-electron chi connectivity index (χ2n) is 4.27. The van der Waals surface area contributed by atoms with Crippen LogP contribution in [0.3, 0.4) is 0 Å². The monoisotopic (exact) mass is 264 g/mol. The van der Waals surface area contributed by atoms with Crippen LogP contribution in [0, 0.1) is 0 Å². The minimum absolute atomic E-state index is 0.710. The van der Waals surface area contributed by atoms with E-state index in [9.17, 15) is 4.79 Å². The predicted octanol–water partition coefficient (Wildman–Crippen LogP) is 4.80. The topological polar surface area (TPSA) is 17.1 Å². The molecule has 3 aromatic carbocycles. The number of aldehydes is 1. The van der Waals surface area contributed by atoms with Gasteiger partial charge in [-0.15, -0.1) is 0 Å². The van der Waals surface area contributed by atoms with E-state index >= 15 is 0 Å². The predicted molar refractivity (Wildman–Crippen MR) is 79.9 cm³/mol. The summed E-state index contributed by atoms with van der Waals surface area (Å²) in [5, 5.41) is 2.51. The zero-order valence-corrected chi connectivity index (χ0v) is 11.1. The molecule has 3 aromatic rings. The number of rotatable bonds is 3. The van der Waals surface area contributed by atoms with E-state index in [1.807, 2.05) is 24.3 Å². The molecule has 0 spiro atoms. The van der Waals surface area contributed by atoms with E-state index in [0.717, 1.165) is 11.2 Å². The van der Waals surface area contributed by atoms with Crippen LogP contribution < -0.4 is 0 Å². The van der Waals surface area contributed by atoms with Gasteiger partial charge in [0.2, 0.25) is 0 Å². The van der Waals surface area contributed by atoms with Gasteiger partial charge in [-0.25, -0.2) is 0 Å². The van der Waals surface area contributed by atoms with E-state index in [0.29, 0.717) is 5.56 Å². The van der Waals surface area contributed by atoms with E-state index in [1.165, 1.54) is 15.7 Å². The minimum Gasteiger partial charge on any atom is -0.298 e. The fourth-order valence-corrected chi connectivity index (χ4v) is 2.99. The summed E-state index contributed by atoms with van der Waals surface area (Å²) in [5.74, 6) is 0. The number of carbonyl (C=O) groups excluding carboxylic acids is 1. The van der Waals surface area contributed by atoms with Crippen LogP contribution in [0.15, 0.2) is 76.5 Å². The Bertz CT molecular complexity index is 711. The Morgan fingerprint density at radius 1 is 0.789 bits per heavy atom. The van der Waals surface area contributed by atoms with E-state index in [4.69, 9.17) is 0 Å². The van der Waals surface area contributed by atoms with E-state index in [2.05, 4.69) is 42.5 Å². The van der Waals surface area contributed by atoms with Crippen molar-refractivity contribution in [2.75, 3.05) is 0 Å². The zero-order chi connectivity index (χ0) is 13.1. The highest BCUT2D eigenvalue weighted by molar-refractivity contribution is 7.99. The van der Waals surface area contributed by atoms with Crippen LogP contribution in [-0.4, -0.2) is 6.29 Å². The van der Waals surface area contributed by atoms with Crippen molar-refractivity contribution >= 4 is 28.8 Å². The molecule has 0 saturated heterocycles. The molecule has 3 rings (SSSR count). The number of benzene rings is 3. The lowest BCUT2D eigenvalue weighted by molar-refractivity contribution is 0.112. The summed E-state index contributed by atoms with van der Waals surface area (Å²) in [5.41, 5.74) is 0.710. The average molecular weight is 264 g/mol. The van der Waals surface area contributed by atoms with Crippen molar-refractivity contribution in [1.82, 2.24) is 0 Å². The van der Waals surface area contributed by atoms with Crippen molar-refractivity contribution in [3.63, 3.8) is 0 Å². The number of hydrogen-bond donors (Lipinski definition) is 0. The molecular formula is C17H12OS. The molecule has 0 aliphatic carbocycles. The summed E-state index contributed by atoms with van der Waals surface area (Å²) in [6, 6.07) is 22.3. The Morgan fingerprint density at radius 3 is 2.32 bits per heavy atom. The van der Waals surface area contributed by atoms with Gasteiger partial charge in [0.15, 0.2) is 0 Å². The largest absolute Gasteiger partial charge is 0.298 e. The molecule has 0 atom stereocenters. The van der Waals surface area contributed by atoms with Crippen molar-refractivity contribution < 1.29 is 4.79 Å².